The van der Waals surface area contributed by atoms with Gasteiger partial charge in [-0.05, 0) is 12.8 Å². The standard InChI is InChI=1S/C10H21N3O3S/c1-8(2)10(14)12-9-4-6-13(7-5-9)17(15,16)11-3/h8-9,11H,4-7H2,1-3H3,(H,12,14). The van der Waals surface area contributed by atoms with Gasteiger partial charge in [0.2, 0.25) is 5.91 Å². The smallest absolute Gasteiger partial charge is 0.279 e. The molecule has 1 heterocycles. The molecule has 0 aromatic heterocycles. The fourth-order valence-corrected chi connectivity index (χ4v) is 2.69. The predicted octanol–water partition coefficient (Wildman–Crippen LogP) is -0.313. The van der Waals surface area contributed by atoms with Gasteiger partial charge in [-0.25, -0.2) is 4.72 Å². The van der Waals surface area contributed by atoms with Crippen molar-refractivity contribution < 1.29 is 13.2 Å². The first-order valence-electron chi connectivity index (χ1n) is 5.86. The van der Waals surface area contributed by atoms with Gasteiger partial charge in [-0.2, -0.15) is 12.7 Å². The number of nitrogens with zero attached hydrogens (tertiary/aromatic N) is 1. The normalized spacial score (nSPS) is 19.5. The van der Waals surface area contributed by atoms with Crippen molar-refractivity contribution in [1.82, 2.24) is 14.3 Å². The summed E-state index contributed by atoms with van der Waals surface area (Å²) in [5, 5.41) is 2.93. The highest BCUT2D eigenvalue weighted by Crippen LogP contribution is 2.13. The molecule has 0 aliphatic carbocycles. The Balaban J connectivity index is 2.44. The number of carbonyl (C=O) groups excluding carboxylic acids is 1. The van der Waals surface area contributed by atoms with Crippen LogP contribution in [0.4, 0.5) is 0 Å². The number of amides is 1. The summed E-state index contributed by atoms with van der Waals surface area (Å²) in [5.74, 6) is -0.00556. The van der Waals surface area contributed by atoms with Gasteiger partial charge in [-0.15, -0.1) is 0 Å². The van der Waals surface area contributed by atoms with Crippen LogP contribution in [0.2, 0.25) is 0 Å². The number of hydrogen-bond acceptors (Lipinski definition) is 3. The molecule has 0 spiro atoms. The number of rotatable bonds is 4. The predicted molar refractivity (Wildman–Crippen MR) is 65.6 cm³/mol. The Hall–Kier alpha value is -0.660. The molecule has 6 nitrogen and oxygen atoms in total. The van der Waals surface area contributed by atoms with E-state index in [0.29, 0.717) is 25.9 Å². The van der Waals surface area contributed by atoms with Gasteiger partial charge in [0.1, 0.15) is 0 Å². The van der Waals surface area contributed by atoms with Crippen molar-refractivity contribution in [2.24, 2.45) is 5.92 Å². The van der Waals surface area contributed by atoms with Crippen LogP contribution in [0.25, 0.3) is 0 Å². The highest BCUT2D eigenvalue weighted by Gasteiger charge is 2.27. The van der Waals surface area contributed by atoms with Crippen molar-refractivity contribution in [2.75, 3.05) is 20.1 Å². The first-order valence-corrected chi connectivity index (χ1v) is 7.30. The second-order valence-electron chi connectivity index (χ2n) is 4.55. The summed E-state index contributed by atoms with van der Waals surface area (Å²) in [6.07, 6.45) is 1.33. The van der Waals surface area contributed by atoms with E-state index in [1.165, 1.54) is 11.4 Å². The molecule has 0 saturated carbocycles. The molecule has 0 bridgehead atoms. The molecule has 1 aliphatic heterocycles. The van der Waals surface area contributed by atoms with E-state index in [4.69, 9.17) is 0 Å². The summed E-state index contributed by atoms with van der Waals surface area (Å²) in [6.45, 7) is 4.59. The number of piperidine rings is 1. The summed E-state index contributed by atoms with van der Waals surface area (Å²) in [5.41, 5.74) is 0. The zero-order valence-corrected chi connectivity index (χ0v) is 11.4. The van der Waals surface area contributed by atoms with E-state index >= 15 is 0 Å². The van der Waals surface area contributed by atoms with Crippen LogP contribution in [0.1, 0.15) is 26.7 Å². The van der Waals surface area contributed by atoms with Crippen molar-refractivity contribution in [3.05, 3.63) is 0 Å². The van der Waals surface area contributed by atoms with Gasteiger partial charge in [0, 0.05) is 32.1 Å². The van der Waals surface area contributed by atoms with E-state index in [2.05, 4.69) is 10.0 Å². The molecular weight excluding hydrogens is 242 g/mol. The molecule has 0 aromatic carbocycles. The maximum absolute atomic E-state index is 11.5. The average Bonchev–Trinajstić information content (AvgIpc) is 2.29. The van der Waals surface area contributed by atoms with Crippen LogP contribution in [0.15, 0.2) is 0 Å². The third kappa shape index (κ3) is 3.93. The van der Waals surface area contributed by atoms with E-state index in [0.717, 1.165) is 0 Å². The van der Waals surface area contributed by atoms with Crippen molar-refractivity contribution in [1.29, 1.82) is 0 Å². The summed E-state index contributed by atoms with van der Waals surface area (Å²) in [6, 6.07) is 0.0909. The van der Waals surface area contributed by atoms with Crippen LogP contribution in [-0.4, -0.2) is 44.8 Å². The molecule has 1 fully saturated rings. The minimum Gasteiger partial charge on any atom is -0.353 e. The van der Waals surface area contributed by atoms with Gasteiger partial charge in [-0.1, -0.05) is 13.8 Å². The van der Waals surface area contributed by atoms with Crippen molar-refractivity contribution in [3.63, 3.8) is 0 Å². The summed E-state index contributed by atoms with van der Waals surface area (Å²) >= 11 is 0. The maximum Gasteiger partial charge on any atom is 0.279 e. The van der Waals surface area contributed by atoms with Gasteiger partial charge < -0.3 is 5.32 Å². The van der Waals surface area contributed by atoms with Gasteiger partial charge in [0.05, 0.1) is 0 Å². The number of carbonyl (C=O) groups is 1. The molecule has 0 atom stereocenters. The van der Waals surface area contributed by atoms with Crippen LogP contribution in [0.5, 0.6) is 0 Å². The summed E-state index contributed by atoms with van der Waals surface area (Å²) < 4.78 is 26.7. The molecule has 2 N–H and O–H groups in total. The van der Waals surface area contributed by atoms with Crippen LogP contribution >= 0.6 is 0 Å². The highest BCUT2D eigenvalue weighted by molar-refractivity contribution is 7.87. The molecule has 1 saturated heterocycles. The Morgan fingerprint density at radius 1 is 1.29 bits per heavy atom. The third-order valence-electron chi connectivity index (χ3n) is 2.92. The highest BCUT2D eigenvalue weighted by atomic mass is 32.2. The molecule has 17 heavy (non-hydrogen) atoms. The molecule has 0 radical (unpaired) electrons. The number of hydrogen-bond donors (Lipinski definition) is 2. The first kappa shape index (κ1) is 14.4. The van der Waals surface area contributed by atoms with Gasteiger partial charge in [0.15, 0.2) is 0 Å². The van der Waals surface area contributed by atoms with E-state index in [9.17, 15) is 13.2 Å². The zero-order chi connectivity index (χ0) is 13.1. The van der Waals surface area contributed by atoms with Crippen LogP contribution < -0.4 is 10.0 Å². The minimum atomic E-state index is -3.32. The Morgan fingerprint density at radius 2 is 1.82 bits per heavy atom. The maximum atomic E-state index is 11.5. The Kier molecular flexibility index (Phi) is 4.91. The molecule has 1 amide bonds. The molecule has 7 heteroatoms. The second-order valence-corrected chi connectivity index (χ2v) is 6.42. The van der Waals surface area contributed by atoms with E-state index < -0.39 is 10.2 Å². The molecule has 0 unspecified atom stereocenters. The van der Waals surface area contributed by atoms with Crippen molar-refractivity contribution in [3.8, 4) is 0 Å². The SMILES string of the molecule is CNS(=O)(=O)N1CCC(NC(=O)C(C)C)CC1. The quantitative estimate of drug-likeness (QED) is 0.730. The lowest BCUT2D eigenvalue weighted by Gasteiger charge is -2.31. The van der Waals surface area contributed by atoms with Gasteiger partial charge >= 0.3 is 0 Å². The minimum absolute atomic E-state index is 0.0277. The van der Waals surface area contributed by atoms with Crippen LogP contribution in [0, 0.1) is 5.92 Å². The second kappa shape index (κ2) is 5.79. The van der Waals surface area contributed by atoms with E-state index in [1.807, 2.05) is 13.8 Å². The van der Waals surface area contributed by atoms with E-state index in [1.54, 1.807) is 0 Å². The lowest BCUT2D eigenvalue weighted by atomic mass is 10.1. The Bertz CT molecular complexity index is 359. The van der Waals surface area contributed by atoms with Gasteiger partial charge in [0.25, 0.3) is 10.2 Å². The molecule has 0 aromatic rings. The topological polar surface area (TPSA) is 78.5 Å². The Morgan fingerprint density at radius 3 is 2.24 bits per heavy atom. The zero-order valence-electron chi connectivity index (χ0n) is 10.6. The van der Waals surface area contributed by atoms with E-state index in [-0.39, 0.29) is 17.9 Å². The summed E-state index contributed by atoms with van der Waals surface area (Å²) in [4.78, 5) is 11.5. The van der Waals surface area contributed by atoms with Crippen LogP contribution in [0.3, 0.4) is 0 Å². The van der Waals surface area contributed by atoms with Crippen molar-refractivity contribution >= 4 is 16.1 Å². The molecule has 100 valence electrons. The number of nitrogens with one attached hydrogen (secondary N) is 2. The monoisotopic (exact) mass is 263 g/mol. The fraction of sp³-hybridized carbons (Fsp3) is 0.900. The molecular formula is C10H21N3O3S. The Labute approximate surface area is 103 Å². The first-order chi connectivity index (χ1) is 7.86. The third-order valence-corrected chi connectivity index (χ3v) is 4.48. The molecule has 1 aliphatic rings. The van der Waals surface area contributed by atoms with Gasteiger partial charge in [-0.3, -0.25) is 4.79 Å². The summed E-state index contributed by atoms with van der Waals surface area (Å²) in [7, 11) is -1.91. The average molecular weight is 263 g/mol. The lowest BCUT2D eigenvalue weighted by molar-refractivity contribution is -0.124. The van der Waals surface area contributed by atoms with Crippen LogP contribution in [-0.2, 0) is 15.0 Å². The fourth-order valence-electron chi connectivity index (χ4n) is 1.74. The lowest BCUT2D eigenvalue weighted by Crippen LogP contribution is -2.49. The van der Waals surface area contributed by atoms with Crippen molar-refractivity contribution in [2.45, 2.75) is 32.7 Å². The molecule has 1 rings (SSSR count). The largest absolute Gasteiger partial charge is 0.353 e.